The minimum Gasteiger partial charge on any atom is -0.456 e. The minimum absolute atomic E-state index is 0.0970. The van der Waals surface area contributed by atoms with E-state index in [0.29, 0.717) is 29.0 Å². The van der Waals surface area contributed by atoms with Crippen LogP contribution in [0.5, 0.6) is 0 Å². The van der Waals surface area contributed by atoms with Crippen LogP contribution in [0, 0.1) is 46.8 Å². The Kier molecular flexibility index (Phi) is 9.71. The van der Waals surface area contributed by atoms with Crippen molar-refractivity contribution < 1.29 is 4.42 Å². The van der Waals surface area contributed by atoms with Crippen LogP contribution in [0.2, 0.25) is 0 Å². The molecule has 2 heterocycles. The van der Waals surface area contributed by atoms with Crippen molar-refractivity contribution in [2.75, 3.05) is 0 Å². The van der Waals surface area contributed by atoms with E-state index in [0.717, 1.165) is 79.3 Å². The SMILES string of the molecule is CC[C@@H]1C[C@@H]2C[C@H](C)CC(c3cc(-c4ccc5oc6ccc(C#N)cc6c5c4)cc(-c4nc(-c5ccccc5)nc(-c5ccc(C67C[C@H](C)C[C@H](C[C@H](C)C6)C7)cc5)n4)c3)(C1)C2. The van der Waals surface area contributed by atoms with Crippen LogP contribution in [0.3, 0.4) is 0 Å². The fraction of sp³-hybridized carbons (Fsp3) is 0.404. The summed E-state index contributed by atoms with van der Waals surface area (Å²) in [5.41, 5.74) is 10.8. The molecule has 0 radical (unpaired) electrons. The summed E-state index contributed by atoms with van der Waals surface area (Å²) in [5, 5.41) is 11.7. The van der Waals surface area contributed by atoms with Gasteiger partial charge in [0.15, 0.2) is 17.5 Å². The molecule has 312 valence electrons. The molecule has 4 bridgehead atoms. The van der Waals surface area contributed by atoms with Gasteiger partial charge in [0.2, 0.25) is 0 Å². The van der Waals surface area contributed by atoms with Gasteiger partial charge < -0.3 is 4.42 Å². The molecular weight excluding hydrogens is 757 g/mol. The molecule has 5 nitrogen and oxygen atoms in total. The quantitative estimate of drug-likeness (QED) is 0.160. The summed E-state index contributed by atoms with van der Waals surface area (Å²) in [4.78, 5) is 15.9. The van der Waals surface area contributed by atoms with E-state index in [1.807, 2.05) is 18.2 Å². The zero-order valence-corrected chi connectivity index (χ0v) is 36.8. The number of rotatable bonds is 7. The molecule has 11 rings (SSSR count). The van der Waals surface area contributed by atoms with E-state index in [-0.39, 0.29) is 10.8 Å². The molecule has 62 heavy (non-hydrogen) atoms. The number of aromatic nitrogens is 3. The molecule has 4 saturated carbocycles. The first-order valence-electron chi connectivity index (χ1n) is 23.6. The third-order valence-electron chi connectivity index (χ3n) is 15.9. The van der Waals surface area contributed by atoms with Crippen LogP contribution >= 0.6 is 0 Å². The molecule has 4 aliphatic carbocycles. The van der Waals surface area contributed by atoms with E-state index in [1.165, 1.54) is 81.8 Å². The summed E-state index contributed by atoms with van der Waals surface area (Å²) in [6.07, 6.45) is 14.2. The largest absolute Gasteiger partial charge is 0.456 e. The molecule has 7 aromatic rings. The van der Waals surface area contributed by atoms with E-state index in [9.17, 15) is 5.26 Å². The maximum Gasteiger partial charge on any atom is 0.164 e. The van der Waals surface area contributed by atoms with Gasteiger partial charge in [-0.05, 0) is 175 Å². The maximum atomic E-state index is 9.76. The molecule has 0 spiro atoms. The molecule has 0 aliphatic heterocycles. The second-order valence-corrected chi connectivity index (χ2v) is 20.7. The zero-order chi connectivity index (χ0) is 42.2. The first-order chi connectivity index (χ1) is 30.1. The summed E-state index contributed by atoms with van der Waals surface area (Å²) in [6.45, 7) is 9.80. The summed E-state index contributed by atoms with van der Waals surface area (Å²) < 4.78 is 6.29. The fourth-order valence-electron chi connectivity index (χ4n) is 13.8. The van der Waals surface area contributed by atoms with Crippen LogP contribution in [0.1, 0.15) is 115 Å². The molecule has 5 aromatic carbocycles. The lowest BCUT2D eigenvalue weighted by Crippen LogP contribution is -2.42. The van der Waals surface area contributed by atoms with E-state index >= 15 is 0 Å². The first-order valence-corrected chi connectivity index (χ1v) is 23.6. The van der Waals surface area contributed by atoms with Crippen molar-refractivity contribution in [2.24, 2.45) is 35.5 Å². The highest BCUT2D eigenvalue weighted by atomic mass is 16.3. The van der Waals surface area contributed by atoms with Gasteiger partial charge in [-0.3, -0.25) is 0 Å². The standard InChI is InChI=1S/C57H58N4O/c1-5-38-22-41-21-37(4)30-57(31-38,33-41)48-25-45(44-14-18-52-50(27-44)49-23-39(34-58)11-17-51(49)62-52)24-46(26-48)55-60-53(42-9-7-6-8-10-42)59-54(61-55)43-12-15-47(16-13-43)56-28-35(2)19-40(32-56)20-36(3)29-56/h6-18,23-27,35-38,40-41H,5,19-22,28-33H2,1-4H3/t35-,36+,37-,38+,40-,41-,56?,57?/m0/s1. The summed E-state index contributed by atoms with van der Waals surface area (Å²) in [6, 6.07) is 41.5. The van der Waals surface area contributed by atoms with E-state index in [4.69, 9.17) is 19.4 Å². The van der Waals surface area contributed by atoms with Crippen molar-refractivity contribution >= 4 is 21.9 Å². The monoisotopic (exact) mass is 814 g/mol. The smallest absolute Gasteiger partial charge is 0.164 e. The minimum atomic E-state index is 0.0970. The van der Waals surface area contributed by atoms with Crippen molar-refractivity contribution in [3.63, 3.8) is 0 Å². The van der Waals surface area contributed by atoms with Gasteiger partial charge in [-0.1, -0.05) is 101 Å². The molecule has 4 fully saturated rings. The van der Waals surface area contributed by atoms with E-state index in [1.54, 1.807) is 0 Å². The molecule has 4 aliphatic rings. The van der Waals surface area contributed by atoms with Crippen LogP contribution in [0.15, 0.2) is 114 Å². The first kappa shape index (κ1) is 39.3. The van der Waals surface area contributed by atoms with Crippen LogP contribution in [0.4, 0.5) is 0 Å². The van der Waals surface area contributed by atoms with Crippen molar-refractivity contribution in [1.29, 1.82) is 5.26 Å². The van der Waals surface area contributed by atoms with Gasteiger partial charge in [0.1, 0.15) is 11.2 Å². The highest BCUT2D eigenvalue weighted by Gasteiger charge is 2.47. The molecule has 8 atom stereocenters. The maximum absolute atomic E-state index is 9.76. The third kappa shape index (κ3) is 7.04. The predicted octanol–water partition coefficient (Wildman–Crippen LogP) is 14.9. The topological polar surface area (TPSA) is 75.6 Å². The lowest BCUT2D eigenvalue weighted by molar-refractivity contribution is 0.0703. The van der Waals surface area contributed by atoms with Crippen LogP contribution in [-0.4, -0.2) is 15.0 Å². The van der Waals surface area contributed by atoms with E-state index in [2.05, 4.69) is 125 Å². The van der Waals surface area contributed by atoms with Crippen molar-refractivity contribution in [1.82, 2.24) is 15.0 Å². The second-order valence-electron chi connectivity index (χ2n) is 20.7. The van der Waals surface area contributed by atoms with Crippen LogP contribution in [-0.2, 0) is 10.8 Å². The summed E-state index contributed by atoms with van der Waals surface area (Å²) in [5.74, 6) is 6.64. The molecule has 0 saturated heterocycles. The lowest BCUT2D eigenvalue weighted by atomic mass is 9.54. The molecule has 0 N–H and O–H groups in total. The van der Waals surface area contributed by atoms with E-state index < -0.39 is 0 Å². The Balaban J connectivity index is 1.07. The predicted molar refractivity (Wildman–Crippen MR) is 251 cm³/mol. The third-order valence-corrected chi connectivity index (χ3v) is 15.9. The van der Waals surface area contributed by atoms with Gasteiger partial charge in [0, 0.05) is 27.5 Å². The average molecular weight is 815 g/mol. The van der Waals surface area contributed by atoms with Crippen LogP contribution < -0.4 is 0 Å². The van der Waals surface area contributed by atoms with Gasteiger partial charge in [-0.2, -0.15) is 5.26 Å². The normalized spacial score (nSPS) is 28.2. The molecule has 0 amide bonds. The summed E-state index contributed by atoms with van der Waals surface area (Å²) >= 11 is 0. The van der Waals surface area contributed by atoms with Crippen molar-refractivity contribution in [3.8, 4) is 51.4 Å². The van der Waals surface area contributed by atoms with Gasteiger partial charge in [0.25, 0.3) is 0 Å². The second kappa shape index (κ2) is 15.3. The zero-order valence-electron chi connectivity index (χ0n) is 36.8. The molecular formula is C57H58N4O. The Hall–Kier alpha value is -5.60. The van der Waals surface area contributed by atoms with Crippen molar-refractivity contribution in [3.05, 3.63) is 126 Å². The number of benzene rings is 5. The Morgan fingerprint density at radius 3 is 1.73 bits per heavy atom. The Bertz CT molecular complexity index is 2830. The number of hydrogen-bond acceptors (Lipinski definition) is 5. The average Bonchev–Trinajstić information content (AvgIpc) is 3.65. The number of hydrogen-bond donors (Lipinski definition) is 0. The number of nitrogens with zero attached hydrogens (tertiary/aromatic N) is 4. The fourth-order valence-corrected chi connectivity index (χ4v) is 13.8. The molecule has 2 unspecified atom stereocenters. The van der Waals surface area contributed by atoms with Gasteiger partial charge in [-0.15, -0.1) is 0 Å². The van der Waals surface area contributed by atoms with Crippen molar-refractivity contribution in [2.45, 2.75) is 109 Å². The number of furan rings is 1. The number of nitriles is 1. The number of fused-ring (bicyclic) bond motifs is 7. The van der Waals surface area contributed by atoms with Crippen LogP contribution in [0.25, 0.3) is 67.2 Å². The van der Waals surface area contributed by atoms with Gasteiger partial charge >= 0.3 is 0 Å². The lowest BCUT2D eigenvalue weighted by Gasteiger charge is -2.51. The molecule has 2 aromatic heterocycles. The summed E-state index contributed by atoms with van der Waals surface area (Å²) in [7, 11) is 0. The Morgan fingerprint density at radius 1 is 0.532 bits per heavy atom. The Morgan fingerprint density at radius 2 is 1.08 bits per heavy atom. The van der Waals surface area contributed by atoms with Gasteiger partial charge in [-0.25, -0.2) is 15.0 Å². The highest BCUT2D eigenvalue weighted by Crippen LogP contribution is 2.56. The van der Waals surface area contributed by atoms with Gasteiger partial charge in [0.05, 0.1) is 11.6 Å². The highest BCUT2D eigenvalue weighted by molar-refractivity contribution is 6.06. The Labute approximate surface area is 367 Å². The molecule has 5 heteroatoms.